The van der Waals surface area contributed by atoms with Crippen molar-refractivity contribution in [1.29, 1.82) is 0 Å². The second-order valence-electron chi connectivity index (χ2n) is 3.37. The molecule has 1 aromatic carbocycles. The average Bonchev–Trinajstić information content (AvgIpc) is 2.20. The summed E-state index contributed by atoms with van der Waals surface area (Å²) < 4.78 is 0. The van der Waals surface area contributed by atoms with Crippen LogP contribution in [-0.2, 0) is 11.2 Å². The number of nitrogens with one attached hydrogen (secondary N) is 1. The molecule has 0 aliphatic heterocycles. The second kappa shape index (κ2) is 6.19. The van der Waals surface area contributed by atoms with Crippen LogP contribution in [0.5, 0.6) is 0 Å². The van der Waals surface area contributed by atoms with Crippen LogP contribution < -0.4 is 5.32 Å². The number of amides is 1. The van der Waals surface area contributed by atoms with Crippen molar-refractivity contribution in [2.24, 2.45) is 0 Å². The molecule has 0 atom stereocenters. The number of hydrogen-bond donors (Lipinski definition) is 1. The van der Waals surface area contributed by atoms with Gasteiger partial charge in [0.25, 0.3) is 0 Å². The lowest BCUT2D eigenvalue weighted by Gasteiger charge is -2.03. The van der Waals surface area contributed by atoms with E-state index in [9.17, 15) is 4.79 Å². The lowest BCUT2D eigenvalue weighted by Crippen LogP contribution is -2.25. The Morgan fingerprint density at radius 2 is 2.00 bits per heavy atom. The minimum absolute atomic E-state index is 0.115. The summed E-state index contributed by atoms with van der Waals surface area (Å²) >= 11 is 0. The van der Waals surface area contributed by atoms with E-state index in [1.807, 2.05) is 30.3 Å². The van der Waals surface area contributed by atoms with Gasteiger partial charge >= 0.3 is 0 Å². The molecule has 0 saturated heterocycles. The second-order valence-corrected chi connectivity index (χ2v) is 3.37. The van der Waals surface area contributed by atoms with Crippen LogP contribution in [-0.4, -0.2) is 12.5 Å². The predicted molar refractivity (Wildman–Crippen MR) is 58.1 cm³/mol. The predicted octanol–water partition coefficient (Wildman–Crippen LogP) is 2.15. The summed E-state index contributed by atoms with van der Waals surface area (Å²) in [5.74, 6) is 0.115. The van der Waals surface area contributed by atoms with E-state index in [-0.39, 0.29) is 5.91 Å². The van der Waals surface area contributed by atoms with E-state index in [0.29, 0.717) is 6.42 Å². The molecule has 0 radical (unpaired) electrons. The highest BCUT2D eigenvalue weighted by Gasteiger charge is 2.00. The largest absolute Gasteiger partial charge is 0.356 e. The summed E-state index contributed by atoms with van der Waals surface area (Å²) in [6.07, 6.45) is 2.66. The molecule has 0 unspecified atom stereocenters. The molecule has 76 valence electrons. The van der Waals surface area contributed by atoms with Crippen LogP contribution in [0.25, 0.3) is 0 Å². The van der Waals surface area contributed by atoms with Crippen LogP contribution in [0.3, 0.4) is 0 Å². The van der Waals surface area contributed by atoms with Crippen LogP contribution in [0, 0.1) is 0 Å². The molecule has 0 aromatic heterocycles. The van der Waals surface area contributed by atoms with E-state index < -0.39 is 0 Å². The van der Waals surface area contributed by atoms with Crippen molar-refractivity contribution in [3.63, 3.8) is 0 Å². The van der Waals surface area contributed by atoms with Crippen LogP contribution in [0.2, 0.25) is 0 Å². The van der Waals surface area contributed by atoms with Crippen LogP contribution in [0.1, 0.15) is 25.3 Å². The third kappa shape index (κ3) is 4.08. The molecule has 1 amide bonds. The third-order valence-electron chi connectivity index (χ3n) is 2.06. The Hall–Kier alpha value is -1.31. The molecule has 1 aromatic rings. The fourth-order valence-corrected chi connectivity index (χ4v) is 1.25. The molecule has 14 heavy (non-hydrogen) atoms. The minimum atomic E-state index is 0.115. The fourth-order valence-electron chi connectivity index (χ4n) is 1.25. The Labute approximate surface area is 85.3 Å². The molecule has 0 saturated carbocycles. The molecule has 1 N–H and O–H groups in total. The molecular weight excluding hydrogens is 174 g/mol. The summed E-state index contributed by atoms with van der Waals surface area (Å²) in [7, 11) is 0. The average molecular weight is 191 g/mol. The zero-order chi connectivity index (χ0) is 10.2. The van der Waals surface area contributed by atoms with Gasteiger partial charge in [-0.25, -0.2) is 0 Å². The van der Waals surface area contributed by atoms with E-state index in [1.165, 1.54) is 0 Å². The van der Waals surface area contributed by atoms with E-state index in [1.54, 1.807) is 0 Å². The molecule has 2 nitrogen and oxygen atoms in total. The fraction of sp³-hybridized carbons (Fsp3) is 0.417. The van der Waals surface area contributed by atoms with Crippen LogP contribution in [0.15, 0.2) is 30.3 Å². The van der Waals surface area contributed by atoms with Crippen molar-refractivity contribution in [3.05, 3.63) is 35.9 Å². The van der Waals surface area contributed by atoms with Gasteiger partial charge in [-0.1, -0.05) is 43.7 Å². The topological polar surface area (TPSA) is 29.1 Å². The van der Waals surface area contributed by atoms with Crippen molar-refractivity contribution in [3.8, 4) is 0 Å². The van der Waals surface area contributed by atoms with Crippen LogP contribution >= 0.6 is 0 Å². The minimum Gasteiger partial charge on any atom is -0.356 e. The first-order chi connectivity index (χ1) is 6.83. The number of carbonyl (C=O) groups excluding carboxylic acids is 1. The van der Waals surface area contributed by atoms with Gasteiger partial charge < -0.3 is 5.32 Å². The quantitative estimate of drug-likeness (QED) is 0.710. The Morgan fingerprint density at radius 1 is 1.29 bits per heavy atom. The molecule has 0 fully saturated rings. The maximum absolute atomic E-state index is 11.4. The van der Waals surface area contributed by atoms with Crippen molar-refractivity contribution in [2.75, 3.05) is 6.54 Å². The van der Waals surface area contributed by atoms with E-state index in [2.05, 4.69) is 12.2 Å². The molecule has 1 rings (SSSR count). The summed E-state index contributed by atoms with van der Waals surface area (Å²) in [5.41, 5.74) is 1.07. The van der Waals surface area contributed by atoms with Crippen molar-refractivity contribution in [1.82, 2.24) is 5.32 Å². The van der Waals surface area contributed by atoms with E-state index >= 15 is 0 Å². The lowest BCUT2D eigenvalue weighted by molar-refractivity contribution is -0.120. The Morgan fingerprint density at radius 3 is 2.64 bits per heavy atom. The van der Waals surface area contributed by atoms with E-state index in [4.69, 9.17) is 0 Å². The molecule has 0 heterocycles. The molecule has 0 aliphatic rings. The first-order valence-corrected chi connectivity index (χ1v) is 5.13. The Bertz CT molecular complexity index is 269. The van der Waals surface area contributed by atoms with Gasteiger partial charge in [0, 0.05) is 6.54 Å². The molecule has 2 heteroatoms. The number of unbranched alkanes of at least 4 members (excludes halogenated alkanes) is 1. The lowest BCUT2D eigenvalue weighted by atomic mass is 10.1. The zero-order valence-electron chi connectivity index (χ0n) is 8.62. The molecular formula is C12H17NO. The number of carbonyl (C=O) groups is 1. The first kappa shape index (κ1) is 10.8. The van der Waals surface area contributed by atoms with Gasteiger partial charge in [-0.2, -0.15) is 0 Å². The third-order valence-corrected chi connectivity index (χ3v) is 2.06. The summed E-state index contributed by atoms with van der Waals surface area (Å²) in [6.45, 7) is 2.91. The molecule has 0 bridgehead atoms. The van der Waals surface area contributed by atoms with E-state index in [0.717, 1.165) is 24.9 Å². The SMILES string of the molecule is CCCCNC(=O)Cc1ccccc1. The van der Waals surface area contributed by atoms with Crippen molar-refractivity contribution >= 4 is 5.91 Å². The highest BCUT2D eigenvalue weighted by molar-refractivity contribution is 5.78. The first-order valence-electron chi connectivity index (χ1n) is 5.13. The van der Waals surface area contributed by atoms with Gasteiger partial charge in [-0.3, -0.25) is 4.79 Å². The van der Waals surface area contributed by atoms with Gasteiger partial charge in [-0.15, -0.1) is 0 Å². The maximum Gasteiger partial charge on any atom is 0.224 e. The summed E-state index contributed by atoms with van der Waals surface area (Å²) in [6, 6.07) is 9.81. The summed E-state index contributed by atoms with van der Waals surface area (Å²) in [5, 5.41) is 2.89. The van der Waals surface area contributed by atoms with Gasteiger partial charge in [0.2, 0.25) is 5.91 Å². The standard InChI is InChI=1S/C12H17NO/c1-2-3-9-13-12(14)10-11-7-5-4-6-8-11/h4-8H,2-3,9-10H2,1H3,(H,13,14). The van der Waals surface area contributed by atoms with Crippen molar-refractivity contribution in [2.45, 2.75) is 26.2 Å². The summed E-state index contributed by atoms with van der Waals surface area (Å²) in [4.78, 5) is 11.4. The molecule has 0 spiro atoms. The molecule has 0 aliphatic carbocycles. The Kier molecular flexibility index (Phi) is 4.76. The normalized spacial score (nSPS) is 9.79. The van der Waals surface area contributed by atoms with Gasteiger partial charge in [-0.05, 0) is 12.0 Å². The van der Waals surface area contributed by atoms with Crippen LogP contribution in [0.4, 0.5) is 0 Å². The number of rotatable bonds is 5. The highest BCUT2D eigenvalue weighted by atomic mass is 16.1. The smallest absolute Gasteiger partial charge is 0.224 e. The van der Waals surface area contributed by atoms with Gasteiger partial charge in [0.05, 0.1) is 6.42 Å². The zero-order valence-corrected chi connectivity index (χ0v) is 8.62. The highest BCUT2D eigenvalue weighted by Crippen LogP contribution is 1.99. The van der Waals surface area contributed by atoms with Gasteiger partial charge in [0.15, 0.2) is 0 Å². The Balaban J connectivity index is 2.27. The van der Waals surface area contributed by atoms with Gasteiger partial charge in [0.1, 0.15) is 0 Å². The number of benzene rings is 1. The maximum atomic E-state index is 11.4. The van der Waals surface area contributed by atoms with Crippen molar-refractivity contribution < 1.29 is 4.79 Å². The number of hydrogen-bond acceptors (Lipinski definition) is 1. The monoisotopic (exact) mass is 191 g/mol.